The molecule has 1 aliphatic carbocycles. The minimum atomic E-state index is -0.661. The van der Waals surface area contributed by atoms with Crippen molar-refractivity contribution in [2.75, 3.05) is 15.5 Å². The van der Waals surface area contributed by atoms with E-state index in [2.05, 4.69) is 38.7 Å². The van der Waals surface area contributed by atoms with Gasteiger partial charge >= 0.3 is 6.03 Å². The molecule has 3 amide bonds. The van der Waals surface area contributed by atoms with E-state index >= 15 is 0 Å². The molecule has 5 nitrogen and oxygen atoms in total. The maximum Gasteiger partial charge on any atom is 0.326 e. The predicted octanol–water partition coefficient (Wildman–Crippen LogP) is 9.07. The first-order valence-corrected chi connectivity index (χ1v) is 15.8. The second-order valence-corrected chi connectivity index (χ2v) is 13.0. The molecule has 2 N–H and O–H groups in total. The van der Waals surface area contributed by atoms with Crippen molar-refractivity contribution in [2.24, 2.45) is 0 Å². The molecule has 0 bridgehead atoms. The number of para-hydroxylation sites is 1. The predicted molar refractivity (Wildman–Crippen MR) is 174 cm³/mol. The molecule has 42 heavy (non-hydrogen) atoms. The number of carbonyl (C=O) groups is 2. The molecule has 0 fully saturated rings. The molecule has 210 valence electrons. The normalized spacial score (nSPS) is 17.6. The van der Waals surface area contributed by atoms with Gasteiger partial charge in [-0.25, -0.2) is 9.18 Å². The van der Waals surface area contributed by atoms with E-state index < -0.39 is 11.1 Å². The fraction of sp³-hybridized carbons (Fsp3) is 0.0909. The summed E-state index contributed by atoms with van der Waals surface area (Å²) in [6.07, 6.45) is 8.17. The van der Waals surface area contributed by atoms with Crippen molar-refractivity contribution >= 4 is 68.5 Å². The van der Waals surface area contributed by atoms with Gasteiger partial charge in [-0.1, -0.05) is 88.8 Å². The summed E-state index contributed by atoms with van der Waals surface area (Å²) in [7, 11) is 0. The maximum atomic E-state index is 14.5. The van der Waals surface area contributed by atoms with Gasteiger partial charge in [0, 0.05) is 20.0 Å². The Kier molecular flexibility index (Phi) is 8.51. The lowest BCUT2D eigenvalue weighted by atomic mass is 10.1. The van der Waals surface area contributed by atoms with Crippen LogP contribution in [-0.4, -0.2) is 23.2 Å². The maximum absolute atomic E-state index is 14.5. The summed E-state index contributed by atoms with van der Waals surface area (Å²) >= 11 is 6.33. The molecule has 0 saturated carbocycles. The second-order valence-electron chi connectivity index (χ2n) is 9.66. The summed E-state index contributed by atoms with van der Waals surface area (Å²) < 4.78 is 15.1. The van der Waals surface area contributed by atoms with Crippen LogP contribution in [0.25, 0.3) is 0 Å². The van der Waals surface area contributed by atoms with Crippen LogP contribution < -0.4 is 15.5 Å². The fourth-order valence-corrected chi connectivity index (χ4v) is 7.56. The van der Waals surface area contributed by atoms with Crippen molar-refractivity contribution in [1.29, 1.82) is 0 Å². The molecule has 0 aromatic heterocycles. The summed E-state index contributed by atoms with van der Waals surface area (Å²) in [6, 6.07) is 28.9. The van der Waals surface area contributed by atoms with Gasteiger partial charge in [-0.2, -0.15) is 0 Å². The highest BCUT2D eigenvalue weighted by Gasteiger charge is 2.36. The Morgan fingerprint density at radius 2 is 1.67 bits per heavy atom. The monoisotopic (exact) mass is 657 g/mol. The topological polar surface area (TPSA) is 61.4 Å². The van der Waals surface area contributed by atoms with Gasteiger partial charge in [0.15, 0.2) is 0 Å². The number of thioether (sulfide) groups is 2. The number of rotatable bonds is 6. The lowest BCUT2D eigenvalue weighted by Crippen LogP contribution is -2.49. The van der Waals surface area contributed by atoms with Crippen molar-refractivity contribution < 1.29 is 14.0 Å². The molecular formula is C33H25BrFN3O2S2. The van der Waals surface area contributed by atoms with Gasteiger partial charge in [-0.15, -0.1) is 23.5 Å². The molecule has 4 aromatic carbocycles. The molecule has 1 aliphatic heterocycles. The Balaban J connectivity index is 1.24. The van der Waals surface area contributed by atoms with E-state index in [1.807, 2.05) is 95.9 Å². The Bertz CT molecular complexity index is 1700. The number of hydrogen-bond acceptors (Lipinski definition) is 4. The molecule has 2 aliphatic rings. The third-order valence-electron chi connectivity index (χ3n) is 6.83. The molecule has 6 rings (SSSR count). The first-order chi connectivity index (χ1) is 20.5. The van der Waals surface area contributed by atoms with E-state index in [1.54, 1.807) is 17.8 Å². The standard InChI is InChI=1S/C33H25BrFN3O2S2/c34-22-17-18-26(25(35)19-22)37-32(39)31(21-9-2-1-3-10-21)41-24-12-8-11-23(20-24)36-33(40)38-27-13-4-6-15-29(27)42-30-16-7-5-14-28(30)38/h1-20,27,29,31H,(H,36,40)(H,37,39). The van der Waals surface area contributed by atoms with Crippen LogP contribution in [0, 0.1) is 5.82 Å². The van der Waals surface area contributed by atoms with E-state index in [4.69, 9.17) is 0 Å². The minimum absolute atomic E-state index is 0.107. The van der Waals surface area contributed by atoms with Crippen LogP contribution in [0.5, 0.6) is 0 Å². The summed E-state index contributed by atoms with van der Waals surface area (Å²) in [5, 5.41) is 5.27. The lowest BCUT2D eigenvalue weighted by Gasteiger charge is -2.40. The average Bonchev–Trinajstić information content (AvgIpc) is 3.00. The van der Waals surface area contributed by atoms with Crippen LogP contribution in [0.1, 0.15) is 10.8 Å². The minimum Gasteiger partial charge on any atom is -0.322 e. The van der Waals surface area contributed by atoms with Crippen LogP contribution in [0.2, 0.25) is 0 Å². The number of benzene rings is 4. The first-order valence-electron chi connectivity index (χ1n) is 13.2. The van der Waals surface area contributed by atoms with E-state index in [-0.39, 0.29) is 28.9 Å². The van der Waals surface area contributed by atoms with Gasteiger partial charge in [0.05, 0.1) is 22.7 Å². The van der Waals surface area contributed by atoms with E-state index in [9.17, 15) is 14.0 Å². The third-order valence-corrected chi connectivity index (χ3v) is 9.88. The lowest BCUT2D eigenvalue weighted by molar-refractivity contribution is -0.115. The average molecular weight is 659 g/mol. The number of halogens is 2. The summed E-state index contributed by atoms with van der Waals surface area (Å²) in [5.41, 5.74) is 2.36. The largest absolute Gasteiger partial charge is 0.326 e. The number of fused-ring (bicyclic) bond motifs is 2. The number of nitrogens with one attached hydrogen (secondary N) is 2. The number of carbonyl (C=O) groups excluding carboxylic acids is 2. The van der Waals surface area contributed by atoms with Crippen molar-refractivity contribution in [3.8, 4) is 0 Å². The molecule has 3 atom stereocenters. The molecule has 0 spiro atoms. The van der Waals surface area contributed by atoms with E-state index in [0.717, 1.165) is 21.0 Å². The van der Waals surface area contributed by atoms with Gasteiger partial charge in [-0.3, -0.25) is 9.69 Å². The Morgan fingerprint density at radius 3 is 2.50 bits per heavy atom. The van der Waals surface area contributed by atoms with E-state index in [1.165, 1.54) is 23.9 Å². The zero-order chi connectivity index (χ0) is 29.1. The second kappa shape index (κ2) is 12.6. The van der Waals surface area contributed by atoms with Crippen LogP contribution in [0.15, 0.2) is 136 Å². The molecular weight excluding hydrogens is 633 g/mol. The zero-order valence-corrected chi connectivity index (χ0v) is 25.3. The van der Waals surface area contributed by atoms with Crippen LogP contribution in [-0.2, 0) is 4.79 Å². The van der Waals surface area contributed by atoms with Gasteiger partial charge in [0.1, 0.15) is 11.1 Å². The van der Waals surface area contributed by atoms with Crippen LogP contribution in [0.3, 0.4) is 0 Å². The summed E-state index contributed by atoms with van der Waals surface area (Å²) in [5.74, 6) is -0.880. The zero-order valence-electron chi connectivity index (χ0n) is 22.1. The highest BCUT2D eigenvalue weighted by atomic mass is 79.9. The molecule has 0 saturated heterocycles. The number of hydrogen-bond donors (Lipinski definition) is 2. The van der Waals surface area contributed by atoms with Crippen molar-refractivity contribution in [3.05, 3.63) is 137 Å². The van der Waals surface area contributed by atoms with Gasteiger partial charge in [0.2, 0.25) is 5.91 Å². The fourth-order valence-electron chi connectivity index (χ4n) is 4.88. The number of nitrogens with zero attached hydrogens (tertiary/aromatic N) is 1. The van der Waals surface area contributed by atoms with Crippen molar-refractivity contribution in [2.45, 2.75) is 26.3 Å². The Morgan fingerprint density at radius 1 is 0.881 bits per heavy atom. The molecule has 0 radical (unpaired) electrons. The number of anilines is 3. The van der Waals surface area contributed by atoms with Gasteiger partial charge < -0.3 is 10.6 Å². The Labute approximate surface area is 260 Å². The summed E-state index contributed by atoms with van der Waals surface area (Å²) in [4.78, 5) is 30.9. The smallest absolute Gasteiger partial charge is 0.322 e. The van der Waals surface area contributed by atoms with Crippen molar-refractivity contribution in [3.63, 3.8) is 0 Å². The Hall–Kier alpha value is -3.79. The molecule has 1 heterocycles. The van der Waals surface area contributed by atoms with Crippen LogP contribution in [0.4, 0.5) is 26.2 Å². The van der Waals surface area contributed by atoms with E-state index in [0.29, 0.717) is 10.2 Å². The van der Waals surface area contributed by atoms with Crippen LogP contribution >= 0.6 is 39.5 Å². The van der Waals surface area contributed by atoms with Gasteiger partial charge in [0.25, 0.3) is 0 Å². The highest BCUT2D eigenvalue weighted by molar-refractivity contribution is 9.10. The molecule has 3 unspecified atom stereocenters. The molecule has 4 aromatic rings. The number of urea groups is 1. The highest BCUT2D eigenvalue weighted by Crippen LogP contribution is 2.44. The quantitative estimate of drug-likeness (QED) is 0.203. The van der Waals surface area contributed by atoms with Crippen molar-refractivity contribution in [1.82, 2.24) is 0 Å². The SMILES string of the molecule is O=C(Nc1ccc(Br)cc1F)C(Sc1cccc(NC(=O)N2c3ccccc3SC3C=CC=CC32)c1)c1ccccc1. The van der Waals surface area contributed by atoms with Gasteiger partial charge in [-0.05, 0) is 54.1 Å². The summed E-state index contributed by atoms with van der Waals surface area (Å²) in [6.45, 7) is 0. The number of allylic oxidation sites excluding steroid dienone is 2. The first kappa shape index (κ1) is 28.3. The molecule has 9 heteroatoms. The number of amides is 3. The third kappa shape index (κ3) is 6.18.